The number of likely N-dealkylation sites (N-methyl/N-ethyl adjacent to an activating group) is 1. The standard InChI is InChI=1S/C21H35N5O3/c1-13(2)10-15(11-25(5)6)29-20(28)26-12-16-17(21(26,3)4)23-24-18(16)22-19(27)14-8-7-9-14/h13-15H,7-12H2,1-6H3,(H2,22,23,24,27)/t15-/m0/s1. The molecule has 0 unspecified atom stereocenters. The number of nitrogens with zero attached hydrogens (tertiary/aromatic N) is 3. The van der Waals surface area contributed by atoms with E-state index in [9.17, 15) is 9.59 Å². The Morgan fingerprint density at radius 1 is 1.34 bits per heavy atom. The minimum atomic E-state index is -0.584. The summed E-state index contributed by atoms with van der Waals surface area (Å²) in [5.41, 5.74) is 1.14. The first-order chi connectivity index (χ1) is 13.6. The van der Waals surface area contributed by atoms with Gasteiger partial charge in [0.25, 0.3) is 0 Å². The van der Waals surface area contributed by atoms with E-state index in [0.717, 1.165) is 36.9 Å². The van der Waals surface area contributed by atoms with E-state index >= 15 is 0 Å². The topological polar surface area (TPSA) is 90.6 Å². The largest absolute Gasteiger partial charge is 0.445 e. The molecule has 1 saturated carbocycles. The van der Waals surface area contributed by atoms with E-state index in [4.69, 9.17) is 4.74 Å². The highest BCUT2D eigenvalue weighted by Crippen LogP contribution is 2.41. The number of rotatable bonds is 7. The smallest absolute Gasteiger partial charge is 0.411 e. The van der Waals surface area contributed by atoms with Gasteiger partial charge in [-0.2, -0.15) is 5.10 Å². The Hall–Kier alpha value is -2.09. The minimum absolute atomic E-state index is 0.0207. The lowest BCUT2D eigenvalue weighted by molar-refractivity contribution is -0.122. The molecule has 162 valence electrons. The summed E-state index contributed by atoms with van der Waals surface area (Å²) >= 11 is 0. The molecule has 1 aromatic rings. The van der Waals surface area contributed by atoms with E-state index in [2.05, 4.69) is 29.4 Å². The molecule has 29 heavy (non-hydrogen) atoms. The van der Waals surface area contributed by atoms with Crippen LogP contribution < -0.4 is 5.32 Å². The van der Waals surface area contributed by atoms with Gasteiger partial charge >= 0.3 is 6.09 Å². The zero-order chi connectivity index (χ0) is 21.3. The van der Waals surface area contributed by atoms with Gasteiger partial charge < -0.3 is 15.0 Å². The Balaban J connectivity index is 1.71. The fraction of sp³-hybridized carbons (Fsp3) is 0.762. The van der Waals surface area contributed by atoms with E-state index < -0.39 is 5.54 Å². The first kappa shape index (κ1) is 21.6. The molecule has 0 saturated heterocycles. The number of hydrogen-bond donors (Lipinski definition) is 2. The zero-order valence-corrected chi connectivity index (χ0v) is 18.5. The maximum absolute atomic E-state index is 13.1. The molecule has 2 aliphatic rings. The van der Waals surface area contributed by atoms with Gasteiger partial charge in [-0.1, -0.05) is 20.3 Å². The highest BCUT2D eigenvalue weighted by molar-refractivity contribution is 5.93. The van der Waals surface area contributed by atoms with Gasteiger partial charge in [0.1, 0.15) is 6.10 Å². The van der Waals surface area contributed by atoms with Crippen molar-refractivity contribution in [3.05, 3.63) is 11.3 Å². The monoisotopic (exact) mass is 405 g/mol. The van der Waals surface area contributed by atoms with Crippen molar-refractivity contribution >= 4 is 17.8 Å². The molecular weight excluding hydrogens is 370 g/mol. The zero-order valence-electron chi connectivity index (χ0n) is 18.5. The molecule has 0 spiro atoms. The lowest BCUT2D eigenvalue weighted by Gasteiger charge is -2.33. The summed E-state index contributed by atoms with van der Waals surface area (Å²) in [6, 6.07) is 0. The van der Waals surface area contributed by atoms with E-state index in [1.807, 2.05) is 32.8 Å². The second-order valence-corrected chi connectivity index (χ2v) is 9.59. The van der Waals surface area contributed by atoms with Crippen LogP contribution in [0.5, 0.6) is 0 Å². The Morgan fingerprint density at radius 3 is 2.59 bits per heavy atom. The summed E-state index contributed by atoms with van der Waals surface area (Å²) in [6.07, 6.45) is 3.30. The van der Waals surface area contributed by atoms with Gasteiger partial charge in [-0.3, -0.25) is 14.8 Å². The third-order valence-electron chi connectivity index (χ3n) is 5.98. The van der Waals surface area contributed by atoms with E-state index in [-0.39, 0.29) is 24.0 Å². The maximum Gasteiger partial charge on any atom is 0.411 e. The summed E-state index contributed by atoms with van der Waals surface area (Å²) < 4.78 is 5.90. The molecule has 0 aromatic carbocycles. The van der Waals surface area contributed by atoms with Gasteiger partial charge in [0.05, 0.1) is 17.8 Å². The number of carbonyl (C=O) groups is 2. The molecule has 0 bridgehead atoms. The lowest BCUT2D eigenvalue weighted by Crippen LogP contribution is -2.44. The minimum Gasteiger partial charge on any atom is -0.445 e. The number of fused-ring (bicyclic) bond motifs is 1. The van der Waals surface area contributed by atoms with Crippen LogP contribution in [0.1, 0.15) is 64.6 Å². The van der Waals surface area contributed by atoms with Crippen LogP contribution in [0.25, 0.3) is 0 Å². The van der Waals surface area contributed by atoms with E-state index in [1.165, 1.54) is 0 Å². The molecule has 2 heterocycles. The normalized spacial score (nSPS) is 19.2. The molecule has 1 fully saturated rings. The van der Waals surface area contributed by atoms with Crippen LogP contribution in [0, 0.1) is 11.8 Å². The second-order valence-electron chi connectivity index (χ2n) is 9.59. The molecule has 1 aliphatic heterocycles. The summed E-state index contributed by atoms with van der Waals surface area (Å²) in [5, 5.41) is 10.3. The number of nitrogens with one attached hydrogen (secondary N) is 2. The molecule has 8 nitrogen and oxygen atoms in total. The number of anilines is 1. The third-order valence-corrected chi connectivity index (χ3v) is 5.98. The molecule has 1 aliphatic carbocycles. The van der Waals surface area contributed by atoms with Crippen molar-refractivity contribution in [3.8, 4) is 0 Å². The summed E-state index contributed by atoms with van der Waals surface area (Å²) in [6.45, 7) is 9.26. The van der Waals surface area contributed by atoms with Crippen LogP contribution in [-0.2, 0) is 21.6 Å². The maximum atomic E-state index is 13.1. The number of hydrogen-bond acceptors (Lipinski definition) is 5. The number of aromatic nitrogens is 2. The molecule has 0 radical (unpaired) electrons. The number of H-pyrrole nitrogens is 1. The SMILES string of the molecule is CC(C)C[C@@H](CN(C)C)OC(=O)N1Cc2c(NC(=O)C3CCC3)n[nH]c2C1(C)C. The fourth-order valence-corrected chi connectivity index (χ4v) is 4.10. The second kappa shape index (κ2) is 8.34. The predicted octanol–water partition coefficient (Wildman–Crippen LogP) is 3.31. The van der Waals surface area contributed by atoms with Crippen molar-refractivity contribution in [2.75, 3.05) is 26.0 Å². The molecule has 2 amide bonds. The number of aromatic amines is 1. The molecule has 1 atom stereocenters. The Kier molecular flexibility index (Phi) is 6.22. The fourth-order valence-electron chi connectivity index (χ4n) is 4.10. The Labute approximate surface area is 173 Å². The van der Waals surface area contributed by atoms with Gasteiger partial charge in [-0.15, -0.1) is 0 Å². The van der Waals surface area contributed by atoms with Crippen molar-refractivity contribution in [2.24, 2.45) is 11.8 Å². The van der Waals surface area contributed by atoms with E-state index in [1.54, 1.807) is 4.90 Å². The molecule has 8 heteroatoms. The summed E-state index contributed by atoms with van der Waals surface area (Å²) in [5.74, 6) is 1.07. The average Bonchev–Trinajstić information content (AvgIpc) is 3.03. The summed E-state index contributed by atoms with van der Waals surface area (Å²) in [4.78, 5) is 29.2. The first-order valence-electron chi connectivity index (χ1n) is 10.6. The molecule has 1 aromatic heterocycles. The van der Waals surface area contributed by atoms with Gasteiger partial charge in [0.15, 0.2) is 5.82 Å². The van der Waals surface area contributed by atoms with Gasteiger partial charge in [-0.25, -0.2) is 4.79 Å². The van der Waals surface area contributed by atoms with Gasteiger partial charge in [-0.05, 0) is 53.1 Å². The molecule has 3 rings (SSSR count). The predicted molar refractivity (Wildman–Crippen MR) is 111 cm³/mol. The van der Waals surface area contributed by atoms with Crippen LogP contribution in [-0.4, -0.2) is 58.7 Å². The quantitative estimate of drug-likeness (QED) is 0.726. The molecular formula is C21H35N5O3. The van der Waals surface area contributed by atoms with Crippen molar-refractivity contribution in [1.29, 1.82) is 0 Å². The van der Waals surface area contributed by atoms with Gasteiger partial charge in [0, 0.05) is 18.0 Å². The highest BCUT2D eigenvalue weighted by atomic mass is 16.6. The molecule has 2 N–H and O–H groups in total. The Morgan fingerprint density at radius 2 is 2.03 bits per heavy atom. The lowest BCUT2D eigenvalue weighted by atomic mass is 9.85. The van der Waals surface area contributed by atoms with Crippen LogP contribution in [0.15, 0.2) is 0 Å². The van der Waals surface area contributed by atoms with Gasteiger partial charge in [0.2, 0.25) is 5.91 Å². The highest BCUT2D eigenvalue weighted by Gasteiger charge is 2.45. The number of amides is 2. The average molecular weight is 406 g/mol. The van der Waals surface area contributed by atoms with Crippen LogP contribution in [0.2, 0.25) is 0 Å². The first-order valence-corrected chi connectivity index (χ1v) is 10.6. The van der Waals surface area contributed by atoms with Crippen molar-refractivity contribution in [3.63, 3.8) is 0 Å². The Bertz CT molecular complexity index is 741. The van der Waals surface area contributed by atoms with Crippen molar-refractivity contribution < 1.29 is 14.3 Å². The van der Waals surface area contributed by atoms with Crippen molar-refractivity contribution in [1.82, 2.24) is 20.0 Å². The number of carbonyl (C=O) groups excluding carboxylic acids is 2. The van der Waals surface area contributed by atoms with Crippen LogP contribution >= 0.6 is 0 Å². The summed E-state index contributed by atoms with van der Waals surface area (Å²) in [7, 11) is 3.96. The van der Waals surface area contributed by atoms with Crippen LogP contribution in [0.4, 0.5) is 10.6 Å². The van der Waals surface area contributed by atoms with Crippen LogP contribution in [0.3, 0.4) is 0 Å². The van der Waals surface area contributed by atoms with E-state index in [0.29, 0.717) is 24.8 Å². The van der Waals surface area contributed by atoms with Crippen molar-refractivity contribution in [2.45, 2.75) is 71.6 Å². The third kappa shape index (κ3) is 4.57. The number of ether oxygens (including phenoxy) is 1.